The first kappa shape index (κ1) is 14.3. The molecule has 0 aromatic carbocycles. The summed E-state index contributed by atoms with van der Waals surface area (Å²) < 4.78 is 0. The molecule has 4 heterocycles. The first-order valence-corrected chi connectivity index (χ1v) is 8.63. The van der Waals surface area contributed by atoms with Gasteiger partial charge in [-0.2, -0.15) is 0 Å². The van der Waals surface area contributed by atoms with Crippen LogP contribution in [0.4, 0.5) is 5.82 Å². The monoisotopic (exact) mass is 326 g/mol. The Kier molecular flexibility index (Phi) is 3.57. The Bertz CT molecular complexity index is 790. The molecule has 0 bridgehead atoms. The second-order valence-electron chi connectivity index (χ2n) is 5.76. The molecule has 1 N–H and O–H groups in total. The summed E-state index contributed by atoms with van der Waals surface area (Å²) in [5, 5.41) is 2.80. The van der Waals surface area contributed by atoms with Crippen LogP contribution in [0.5, 0.6) is 0 Å². The summed E-state index contributed by atoms with van der Waals surface area (Å²) in [4.78, 5) is 23.8. The van der Waals surface area contributed by atoms with Crippen LogP contribution in [-0.2, 0) is 0 Å². The first-order valence-electron chi connectivity index (χ1n) is 7.75. The van der Waals surface area contributed by atoms with Crippen LogP contribution in [0.25, 0.3) is 10.8 Å². The van der Waals surface area contributed by atoms with Gasteiger partial charge in [0.15, 0.2) is 10.8 Å². The predicted molar refractivity (Wildman–Crippen MR) is 90.5 cm³/mol. The summed E-state index contributed by atoms with van der Waals surface area (Å²) in [6, 6.07) is 2.22. The van der Waals surface area contributed by atoms with E-state index in [1.54, 1.807) is 17.5 Å². The van der Waals surface area contributed by atoms with E-state index in [0.29, 0.717) is 5.82 Å². The summed E-state index contributed by atoms with van der Waals surface area (Å²) >= 11 is 1.56. The summed E-state index contributed by atoms with van der Waals surface area (Å²) in [5.74, 6) is 2.67. The second kappa shape index (κ2) is 5.73. The van der Waals surface area contributed by atoms with Gasteiger partial charge in [0.25, 0.3) is 0 Å². The number of aryl methyl sites for hydroxylation is 2. The second-order valence-corrected chi connectivity index (χ2v) is 6.65. The molecule has 1 aliphatic heterocycles. The SMILES string of the molecule is Cc1nc(C2CCCN2c2ccnc(-c3nccs3)n2)[nH]c1C. The molecular weight excluding hydrogens is 308 g/mol. The van der Waals surface area contributed by atoms with Crippen molar-refractivity contribution in [1.29, 1.82) is 0 Å². The highest BCUT2D eigenvalue weighted by atomic mass is 32.1. The number of hydrogen-bond acceptors (Lipinski definition) is 6. The van der Waals surface area contributed by atoms with E-state index >= 15 is 0 Å². The Morgan fingerprint density at radius 1 is 1.22 bits per heavy atom. The summed E-state index contributed by atoms with van der Waals surface area (Å²) in [6.45, 7) is 5.09. The lowest BCUT2D eigenvalue weighted by Crippen LogP contribution is -2.24. The molecule has 0 spiro atoms. The van der Waals surface area contributed by atoms with E-state index in [4.69, 9.17) is 4.98 Å². The van der Waals surface area contributed by atoms with E-state index in [2.05, 4.69) is 31.8 Å². The molecular formula is C16H18N6S. The molecule has 0 aliphatic carbocycles. The van der Waals surface area contributed by atoms with Crippen LogP contribution in [0.3, 0.4) is 0 Å². The van der Waals surface area contributed by atoms with Gasteiger partial charge in [-0.3, -0.25) is 0 Å². The van der Waals surface area contributed by atoms with Crippen molar-refractivity contribution < 1.29 is 0 Å². The van der Waals surface area contributed by atoms with Crippen LogP contribution in [0, 0.1) is 13.8 Å². The highest BCUT2D eigenvalue weighted by Gasteiger charge is 2.30. The summed E-state index contributed by atoms with van der Waals surface area (Å²) in [6.07, 6.45) is 5.82. The van der Waals surface area contributed by atoms with Gasteiger partial charge < -0.3 is 9.88 Å². The Hall–Kier alpha value is -2.28. The molecule has 118 valence electrons. The third-order valence-corrected chi connectivity index (χ3v) is 5.04. The zero-order valence-corrected chi connectivity index (χ0v) is 14.0. The van der Waals surface area contributed by atoms with Crippen LogP contribution in [0.1, 0.15) is 36.1 Å². The standard InChI is InChI=1S/C16H18N6S/c1-10-11(2)20-14(19-10)12-4-3-8-22(12)13-5-6-17-15(21-13)16-18-7-9-23-16/h5-7,9,12H,3-4,8H2,1-2H3,(H,19,20). The van der Waals surface area contributed by atoms with E-state index < -0.39 is 0 Å². The average Bonchev–Trinajstić information content (AvgIpc) is 3.29. The topological polar surface area (TPSA) is 70.6 Å². The van der Waals surface area contributed by atoms with Gasteiger partial charge >= 0.3 is 0 Å². The highest BCUT2D eigenvalue weighted by molar-refractivity contribution is 7.12. The van der Waals surface area contributed by atoms with Gasteiger partial charge in [-0.25, -0.2) is 19.9 Å². The van der Waals surface area contributed by atoms with Crippen LogP contribution in [0.2, 0.25) is 0 Å². The molecule has 1 saturated heterocycles. The number of imidazole rings is 1. The van der Waals surface area contributed by atoms with Gasteiger partial charge in [-0.15, -0.1) is 11.3 Å². The van der Waals surface area contributed by atoms with Gasteiger partial charge in [-0.05, 0) is 32.8 Å². The maximum Gasteiger partial charge on any atom is 0.190 e. The minimum atomic E-state index is 0.251. The maximum absolute atomic E-state index is 4.72. The summed E-state index contributed by atoms with van der Waals surface area (Å²) in [5.41, 5.74) is 2.20. The molecule has 1 fully saturated rings. The number of aromatic nitrogens is 5. The molecule has 7 heteroatoms. The molecule has 0 radical (unpaired) electrons. The molecule has 6 nitrogen and oxygen atoms in total. The molecule has 3 aromatic rings. The molecule has 1 atom stereocenters. The van der Waals surface area contributed by atoms with Crippen LogP contribution < -0.4 is 4.90 Å². The van der Waals surface area contributed by atoms with E-state index in [-0.39, 0.29) is 6.04 Å². The van der Waals surface area contributed by atoms with E-state index in [1.807, 2.05) is 24.6 Å². The molecule has 1 aliphatic rings. The minimum absolute atomic E-state index is 0.251. The van der Waals surface area contributed by atoms with Gasteiger partial charge in [0.1, 0.15) is 11.6 Å². The van der Waals surface area contributed by atoms with Crippen LogP contribution in [-0.4, -0.2) is 31.5 Å². The zero-order chi connectivity index (χ0) is 15.8. The minimum Gasteiger partial charge on any atom is -0.346 e. The van der Waals surface area contributed by atoms with Crippen molar-refractivity contribution in [3.8, 4) is 10.8 Å². The van der Waals surface area contributed by atoms with Gasteiger partial charge in [0.05, 0.1) is 11.7 Å². The molecule has 23 heavy (non-hydrogen) atoms. The number of nitrogens with zero attached hydrogens (tertiary/aromatic N) is 5. The third-order valence-electron chi connectivity index (χ3n) is 4.27. The van der Waals surface area contributed by atoms with Gasteiger partial charge in [-0.1, -0.05) is 0 Å². The van der Waals surface area contributed by atoms with Crippen molar-refractivity contribution in [2.75, 3.05) is 11.4 Å². The Morgan fingerprint density at radius 3 is 2.87 bits per heavy atom. The number of aromatic amines is 1. The Balaban J connectivity index is 1.68. The normalized spacial score (nSPS) is 17.8. The quantitative estimate of drug-likeness (QED) is 0.800. The van der Waals surface area contributed by atoms with Crippen molar-refractivity contribution in [2.45, 2.75) is 32.7 Å². The average molecular weight is 326 g/mol. The number of hydrogen-bond donors (Lipinski definition) is 1. The van der Waals surface area contributed by atoms with Crippen molar-refractivity contribution in [1.82, 2.24) is 24.9 Å². The Labute approximate surface area is 138 Å². The number of anilines is 1. The van der Waals surface area contributed by atoms with Crippen molar-refractivity contribution in [3.63, 3.8) is 0 Å². The van der Waals surface area contributed by atoms with Crippen molar-refractivity contribution in [3.05, 3.63) is 41.1 Å². The lowest BCUT2D eigenvalue weighted by Gasteiger charge is -2.24. The molecule has 1 unspecified atom stereocenters. The van der Waals surface area contributed by atoms with Crippen molar-refractivity contribution in [2.24, 2.45) is 0 Å². The van der Waals surface area contributed by atoms with E-state index in [9.17, 15) is 0 Å². The predicted octanol–water partition coefficient (Wildman–Crippen LogP) is 3.28. The molecule has 3 aromatic heterocycles. The molecule has 0 amide bonds. The maximum atomic E-state index is 4.72. The number of thiazole rings is 1. The first-order chi connectivity index (χ1) is 11.2. The van der Waals surface area contributed by atoms with Crippen LogP contribution in [0.15, 0.2) is 23.8 Å². The number of rotatable bonds is 3. The van der Waals surface area contributed by atoms with Crippen LogP contribution >= 0.6 is 11.3 Å². The van der Waals surface area contributed by atoms with E-state index in [0.717, 1.165) is 47.4 Å². The summed E-state index contributed by atoms with van der Waals surface area (Å²) in [7, 11) is 0. The van der Waals surface area contributed by atoms with Gasteiger partial charge in [0.2, 0.25) is 0 Å². The third kappa shape index (κ3) is 2.61. The lowest BCUT2D eigenvalue weighted by atomic mass is 10.2. The largest absolute Gasteiger partial charge is 0.346 e. The fourth-order valence-electron chi connectivity index (χ4n) is 3.00. The van der Waals surface area contributed by atoms with Crippen molar-refractivity contribution >= 4 is 17.2 Å². The highest BCUT2D eigenvalue weighted by Crippen LogP contribution is 2.34. The smallest absolute Gasteiger partial charge is 0.190 e. The zero-order valence-electron chi connectivity index (χ0n) is 13.2. The van der Waals surface area contributed by atoms with Gasteiger partial charge in [0, 0.05) is 30.0 Å². The fourth-order valence-corrected chi connectivity index (χ4v) is 3.58. The van der Waals surface area contributed by atoms with E-state index in [1.165, 1.54) is 0 Å². The number of nitrogens with one attached hydrogen (secondary N) is 1. The Morgan fingerprint density at radius 2 is 2.13 bits per heavy atom. The lowest BCUT2D eigenvalue weighted by molar-refractivity contribution is 0.668. The molecule has 4 rings (SSSR count). The molecule has 0 saturated carbocycles. The number of H-pyrrole nitrogens is 1. The fraction of sp³-hybridized carbons (Fsp3) is 0.375.